The van der Waals surface area contributed by atoms with Gasteiger partial charge in [0.25, 0.3) is 0 Å². The van der Waals surface area contributed by atoms with Crippen molar-refractivity contribution in [1.82, 2.24) is 0 Å². The molecule has 0 fully saturated rings. The van der Waals surface area contributed by atoms with Crippen LogP contribution in [0.3, 0.4) is 0 Å². The van der Waals surface area contributed by atoms with Crippen LogP contribution in [-0.2, 0) is 0 Å². The first-order valence-corrected chi connectivity index (χ1v) is 4.65. The van der Waals surface area contributed by atoms with Crippen LogP contribution >= 0.6 is 0 Å². The van der Waals surface area contributed by atoms with Crippen LogP contribution in [0.15, 0.2) is 36.4 Å². The summed E-state index contributed by atoms with van der Waals surface area (Å²) in [5.74, 6) is -3.18. The average Bonchev–Trinajstić information content (AvgIpc) is 2.32. The smallest absolute Gasteiger partial charge is 0.174 e. The van der Waals surface area contributed by atoms with Crippen LogP contribution in [-0.4, -0.2) is 0 Å². The molecule has 0 saturated heterocycles. The number of halogens is 4. The van der Waals surface area contributed by atoms with Gasteiger partial charge in [0, 0.05) is 16.2 Å². The highest BCUT2D eigenvalue weighted by Gasteiger charge is 2.10. The molecule has 0 amide bonds. The minimum Gasteiger partial charge on any atom is -0.294 e. The molecular weight excluding hydrogens is 236 g/mol. The van der Waals surface area contributed by atoms with E-state index in [9.17, 15) is 17.7 Å². The Morgan fingerprint density at radius 1 is 0.765 bits per heavy atom. The Kier molecular flexibility index (Phi) is 2.99. The zero-order chi connectivity index (χ0) is 12.4. The second-order valence-electron chi connectivity index (χ2n) is 3.35. The van der Waals surface area contributed by atoms with Crippen LogP contribution in [0.2, 0.25) is 0 Å². The lowest BCUT2D eigenvalue weighted by Crippen LogP contribution is -1.89. The summed E-state index contributed by atoms with van der Waals surface area (Å²) >= 11 is 0. The Balaban J connectivity index is 2.49. The normalized spacial score (nSPS) is 10.4. The fraction of sp³-hybridized carbons (Fsp3) is 0. The molecule has 0 spiro atoms. The standard InChI is InChI=1S/C12H6F4O/c13-10-4-1-7(5-12(10)15)9-3-2-8(17-16)6-11(9)14/h1-6H. The average molecular weight is 242 g/mol. The molecule has 0 radical (unpaired) electrons. The predicted octanol–water partition coefficient (Wildman–Crippen LogP) is 4.03. The molecule has 0 atom stereocenters. The summed E-state index contributed by atoms with van der Waals surface area (Å²) in [7, 11) is 0. The Labute approximate surface area is 94.2 Å². The second-order valence-corrected chi connectivity index (χ2v) is 3.35. The highest BCUT2D eigenvalue weighted by atomic mass is 19.3. The van der Waals surface area contributed by atoms with Crippen molar-refractivity contribution in [3.05, 3.63) is 53.8 Å². The molecule has 0 aliphatic carbocycles. The monoisotopic (exact) mass is 242 g/mol. The maximum atomic E-state index is 13.5. The summed E-state index contributed by atoms with van der Waals surface area (Å²) in [4.78, 5) is 3.35. The largest absolute Gasteiger partial charge is 0.294 e. The lowest BCUT2D eigenvalue weighted by atomic mass is 10.0. The Bertz CT molecular complexity index is 554. The number of hydrogen-bond acceptors (Lipinski definition) is 1. The molecule has 2 aromatic rings. The fourth-order valence-corrected chi connectivity index (χ4v) is 1.44. The summed E-state index contributed by atoms with van der Waals surface area (Å²) < 4.78 is 50.9. The maximum absolute atomic E-state index is 13.5. The number of rotatable bonds is 2. The lowest BCUT2D eigenvalue weighted by molar-refractivity contribution is -0.00652. The highest BCUT2D eigenvalue weighted by molar-refractivity contribution is 5.65. The van der Waals surface area contributed by atoms with Crippen molar-refractivity contribution >= 4 is 0 Å². The van der Waals surface area contributed by atoms with Crippen molar-refractivity contribution in [1.29, 1.82) is 0 Å². The van der Waals surface area contributed by atoms with Crippen LogP contribution in [0.4, 0.5) is 17.7 Å². The van der Waals surface area contributed by atoms with Crippen LogP contribution in [0.25, 0.3) is 11.1 Å². The highest BCUT2D eigenvalue weighted by Crippen LogP contribution is 2.27. The van der Waals surface area contributed by atoms with Gasteiger partial charge in [0.2, 0.25) is 0 Å². The van der Waals surface area contributed by atoms with E-state index in [1.165, 1.54) is 18.2 Å². The zero-order valence-electron chi connectivity index (χ0n) is 8.38. The minimum atomic E-state index is -1.08. The third kappa shape index (κ3) is 2.22. The van der Waals surface area contributed by atoms with Crippen LogP contribution in [0.5, 0.6) is 5.75 Å². The van der Waals surface area contributed by atoms with E-state index >= 15 is 0 Å². The molecule has 0 unspecified atom stereocenters. The molecule has 2 rings (SSSR count). The molecule has 5 heteroatoms. The van der Waals surface area contributed by atoms with Crippen LogP contribution < -0.4 is 4.94 Å². The summed E-state index contributed by atoms with van der Waals surface area (Å²) in [5, 5.41) is 0. The SMILES string of the molecule is FOc1ccc(-c2ccc(F)c(F)c2)c(F)c1. The zero-order valence-corrected chi connectivity index (χ0v) is 8.38. The molecule has 0 aromatic heterocycles. The third-order valence-electron chi connectivity index (χ3n) is 2.26. The van der Waals surface area contributed by atoms with Gasteiger partial charge in [-0.05, 0) is 29.8 Å². The van der Waals surface area contributed by atoms with E-state index in [1.807, 2.05) is 0 Å². The van der Waals surface area contributed by atoms with Gasteiger partial charge in [-0.2, -0.15) is 0 Å². The summed E-state index contributed by atoms with van der Waals surface area (Å²) in [6.07, 6.45) is 0. The van der Waals surface area contributed by atoms with Gasteiger partial charge in [-0.25, -0.2) is 13.2 Å². The van der Waals surface area contributed by atoms with Gasteiger partial charge < -0.3 is 0 Å². The first kappa shape index (κ1) is 11.4. The second kappa shape index (κ2) is 4.45. The summed E-state index contributed by atoms with van der Waals surface area (Å²) in [6.45, 7) is 0. The first-order valence-electron chi connectivity index (χ1n) is 4.65. The Morgan fingerprint density at radius 2 is 1.53 bits per heavy atom. The summed E-state index contributed by atoms with van der Waals surface area (Å²) in [6, 6.07) is 6.20. The molecule has 0 heterocycles. The van der Waals surface area contributed by atoms with Crippen LogP contribution in [0.1, 0.15) is 0 Å². The molecule has 17 heavy (non-hydrogen) atoms. The van der Waals surface area contributed by atoms with Gasteiger partial charge in [0.15, 0.2) is 17.4 Å². The maximum Gasteiger partial charge on any atom is 0.174 e. The van der Waals surface area contributed by atoms with Crippen molar-refractivity contribution in [3.8, 4) is 16.9 Å². The molecule has 1 nitrogen and oxygen atoms in total. The quantitative estimate of drug-likeness (QED) is 0.722. The van der Waals surface area contributed by atoms with E-state index < -0.39 is 17.5 Å². The van der Waals surface area contributed by atoms with Gasteiger partial charge in [-0.3, -0.25) is 4.94 Å². The van der Waals surface area contributed by atoms with Gasteiger partial charge in [-0.15, -0.1) is 0 Å². The minimum absolute atomic E-state index is 0.0321. The van der Waals surface area contributed by atoms with Gasteiger partial charge >= 0.3 is 0 Å². The molecule has 0 N–H and O–H groups in total. The summed E-state index contributed by atoms with van der Waals surface area (Å²) in [5.41, 5.74) is 0.191. The van der Waals surface area contributed by atoms with E-state index in [4.69, 9.17) is 0 Å². The molecule has 0 aliphatic heterocycles. The molecule has 0 saturated carbocycles. The number of hydrogen-bond donors (Lipinski definition) is 0. The van der Waals surface area contributed by atoms with Crippen LogP contribution in [0, 0.1) is 17.5 Å². The van der Waals surface area contributed by atoms with Crippen molar-refractivity contribution in [2.45, 2.75) is 0 Å². The van der Waals surface area contributed by atoms with Gasteiger partial charge in [0.1, 0.15) is 5.82 Å². The van der Waals surface area contributed by atoms with Gasteiger partial charge in [-0.1, -0.05) is 6.07 Å². The van der Waals surface area contributed by atoms with Gasteiger partial charge in [0.05, 0.1) is 0 Å². The topological polar surface area (TPSA) is 9.23 Å². The first-order chi connectivity index (χ1) is 8.11. The van der Waals surface area contributed by atoms with E-state index in [1.54, 1.807) is 0 Å². The fourth-order valence-electron chi connectivity index (χ4n) is 1.44. The molecular formula is C12H6F4O. The molecule has 2 aromatic carbocycles. The molecule has 0 aliphatic rings. The van der Waals surface area contributed by atoms with Crippen molar-refractivity contribution in [2.24, 2.45) is 0 Å². The molecule has 0 bridgehead atoms. The van der Waals surface area contributed by atoms with Crippen molar-refractivity contribution in [2.75, 3.05) is 0 Å². The van der Waals surface area contributed by atoms with E-state index in [2.05, 4.69) is 4.94 Å². The van der Waals surface area contributed by atoms with E-state index in [0.717, 1.165) is 18.2 Å². The van der Waals surface area contributed by atoms with E-state index in [0.29, 0.717) is 0 Å². The lowest BCUT2D eigenvalue weighted by Gasteiger charge is -2.04. The van der Waals surface area contributed by atoms with E-state index in [-0.39, 0.29) is 16.9 Å². The Hall–Kier alpha value is -2.04. The molecule has 88 valence electrons. The van der Waals surface area contributed by atoms with Crippen molar-refractivity contribution in [3.63, 3.8) is 0 Å². The Morgan fingerprint density at radius 3 is 2.12 bits per heavy atom. The number of benzene rings is 2. The predicted molar refractivity (Wildman–Crippen MR) is 53.5 cm³/mol. The third-order valence-corrected chi connectivity index (χ3v) is 2.26. The van der Waals surface area contributed by atoms with Crippen molar-refractivity contribution < 1.29 is 22.6 Å².